The molecule has 0 aromatic heterocycles. The second kappa shape index (κ2) is 30.3. The smallest absolute Gasteiger partial charge is 0.308 e. The van der Waals surface area contributed by atoms with Crippen molar-refractivity contribution in [3.8, 4) is 0 Å². The molecule has 0 amide bonds. The Bertz CT molecular complexity index is 960. The Labute approximate surface area is 281 Å². The van der Waals surface area contributed by atoms with E-state index in [0.29, 0.717) is 99.1 Å². The fraction of sp³-hybridized carbons (Fsp3) is 0.788. The molecular weight excluding hydrogens is 636 g/mol. The molecule has 47 heavy (non-hydrogen) atoms. The van der Waals surface area contributed by atoms with Gasteiger partial charge in [0.15, 0.2) is 0 Å². The van der Waals surface area contributed by atoms with Crippen molar-refractivity contribution in [1.29, 1.82) is 0 Å². The van der Waals surface area contributed by atoms with Crippen LogP contribution in [0.5, 0.6) is 0 Å². The SMILES string of the molecule is CCCCC(CC)C(=O)OCCOCCOCCOCCOCCOCCOCCOCCOCCOS(=O)(=O)c1ccc(C)cc1. The van der Waals surface area contributed by atoms with Crippen LogP contribution >= 0.6 is 0 Å². The van der Waals surface area contributed by atoms with Crippen LogP contribution in [0.2, 0.25) is 0 Å². The predicted molar refractivity (Wildman–Crippen MR) is 175 cm³/mol. The summed E-state index contributed by atoms with van der Waals surface area (Å²) in [4.78, 5) is 12.1. The molecule has 1 aromatic carbocycles. The highest BCUT2D eigenvalue weighted by Gasteiger charge is 2.17. The lowest BCUT2D eigenvalue weighted by atomic mass is 10.00. The number of aryl methyl sites for hydroxylation is 1. The molecule has 0 spiro atoms. The van der Waals surface area contributed by atoms with Gasteiger partial charge in [0.2, 0.25) is 0 Å². The minimum absolute atomic E-state index is 0.0115. The molecule has 0 aliphatic heterocycles. The number of ether oxygens (including phenoxy) is 9. The summed E-state index contributed by atoms with van der Waals surface area (Å²) in [5, 5.41) is 0. The Hall–Kier alpha value is -1.72. The second-order valence-electron chi connectivity index (χ2n) is 10.4. The molecule has 1 aromatic rings. The molecule has 1 unspecified atom stereocenters. The van der Waals surface area contributed by atoms with Crippen LogP contribution in [-0.2, 0) is 61.7 Å². The third-order valence-electron chi connectivity index (χ3n) is 6.58. The number of hydrogen-bond donors (Lipinski definition) is 0. The van der Waals surface area contributed by atoms with Crippen molar-refractivity contribution < 1.29 is 60.0 Å². The largest absolute Gasteiger partial charge is 0.463 e. The molecule has 0 heterocycles. The molecule has 1 rings (SSSR count). The number of rotatable bonds is 34. The van der Waals surface area contributed by atoms with Crippen LogP contribution in [0, 0.1) is 12.8 Å². The van der Waals surface area contributed by atoms with Crippen molar-refractivity contribution in [1.82, 2.24) is 0 Å². The van der Waals surface area contributed by atoms with E-state index in [4.69, 9.17) is 46.8 Å². The molecule has 0 fully saturated rings. The fourth-order valence-corrected chi connectivity index (χ4v) is 4.77. The van der Waals surface area contributed by atoms with Crippen molar-refractivity contribution in [3.05, 3.63) is 29.8 Å². The third kappa shape index (κ3) is 25.0. The van der Waals surface area contributed by atoms with Crippen molar-refractivity contribution in [2.24, 2.45) is 5.92 Å². The molecule has 1 atom stereocenters. The van der Waals surface area contributed by atoms with E-state index in [0.717, 1.165) is 31.2 Å². The summed E-state index contributed by atoms with van der Waals surface area (Å²) in [5.41, 5.74) is 0.973. The summed E-state index contributed by atoms with van der Waals surface area (Å²) >= 11 is 0. The highest BCUT2D eigenvalue weighted by Crippen LogP contribution is 2.14. The summed E-state index contributed by atoms with van der Waals surface area (Å²) in [6.45, 7) is 12.9. The fourth-order valence-electron chi connectivity index (χ4n) is 3.88. The Kier molecular flexibility index (Phi) is 28.0. The highest BCUT2D eigenvalue weighted by atomic mass is 32.2. The first-order valence-corrected chi connectivity index (χ1v) is 18.1. The summed E-state index contributed by atoms with van der Waals surface area (Å²) in [5.74, 6) is -0.140. The molecule has 0 radical (unpaired) electrons. The maximum absolute atomic E-state index is 12.1. The topological polar surface area (TPSA) is 144 Å². The van der Waals surface area contributed by atoms with E-state index in [1.165, 1.54) is 12.1 Å². The molecule has 0 N–H and O–H groups in total. The van der Waals surface area contributed by atoms with E-state index < -0.39 is 10.1 Å². The molecular formula is C33H58O13S. The Balaban J connectivity index is 1.73. The Morgan fingerprint density at radius 2 is 0.936 bits per heavy atom. The zero-order valence-electron chi connectivity index (χ0n) is 28.7. The van der Waals surface area contributed by atoms with E-state index in [-0.39, 0.29) is 36.6 Å². The Morgan fingerprint density at radius 1 is 0.574 bits per heavy atom. The van der Waals surface area contributed by atoms with E-state index in [1.54, 1.807) is 12.1 Å². The van der Waals surface area contributed by atoms with E-state index in [2.05, 4.69) is 6.92 Å². The van der Waals surface area contributed by atoms with E-state index in [9.17, 15) is 13.2 Å². The molecule has 14 heteroatoms. The number of esters is 1. The van der Waals surface area contributed by atoms with Crippen molar-refractivity contribution in [2.75, 3.05) is 119 Å². The minimum atomic E-state index is -3.78. The normalized spacial score (nSPS) is 12.4. The lowest BCUT2D eigenvalue weighted by molar-refractivity contribution is -0.150. The summed E-state index contributed by atoms with van der Waals surface area (Å²) in [7, 11) is -3.78. The van der Waals surface area contributed by atoms with E-state index >= 15 is 0 Å². The quantitative estimate of drug-likeness (QED) is 0.0590. The number of unbranched alkanes of at least 4 members (excludes halogenated alkanes) is 1. The molecule has 13 nitrogen and oxygen atoms in total. The van der Waals surface area contributed by atoms with Crippen LogP contribution < -0.4 is 0 Å². The van der Waals surface area contributed by atoms with Crippen LogP contribution in [0.3, 0.4) is 0 Å². The van der Waals surface area contributed by atoms with Gasteiger partial charge < -0.3 is 42.6 Å². The maximum atomic E-state index is 12.1. The minimum Gasteiger partial charge on any atom is -0.463 e. The average Bonchev–Trinajstić information content (AvgIpc) is 3.06. The van der Waals surface area contributed by atoms with Gasteiger partial charge >= 0.3 is 5.97 Å². The zero-order chi connectivity index (χ0) is 34.3. The Morgan fingerprint density at radius 3 is 1.30 bits per heavy atom. The van der Waals surface area contributed by atoms with Gasteiger partial charge in [-0.3, -0.25) is 8.98 Å². The van der Waals surface area contributed by atoms with Crippen LogP contribution in [0.4, 0.5) is 0 Å². The monoisotopic (exact) mass is 694 g/mol. The van der Waals surface area contributed by atoms with Gasteiger partial charge in [-0.2, -0.15) is 8.42 Å². The van der Waals surface area contributed by atoms with Crippen molar-refractivity contribution >= 4 is 16.1 Å². The van der Waals surface area contributed by atoms with Gasteiger partial charge in [0, 0.05) is 0 Å². The number of benzene rings is 1. The summed E-state index contributed by atoms with van der Waals surface area (Å²) < 4.78 is 77.9. The predicted octanol–water partition coefficient (Wildman–Crippen LogP) is 3.59. The lowest BCUT2D eigenvalue weighted by Crippen LogP contribution is -2.20. The van der Waals surface area contributed by atoms with Gasteiger partial charge in [-0.05, 0) is 31.9 Å². The van der Waals surface area contributed by atoms with Crippen LogP contribution in [0.1, 0.15) is 45.1 Å². The molecule has 0 bridgehead atoms. The summed E-state index contributed by atoms with van der Waals surface area (Å²) in [6.07, 6.45) is 3.81. The first kappa shape index (κ1) is 43.3. The van der Waals surface area contributed by atoms with E-state index in [1.807, 2.05) is 13.8 Å². The van der Waals surface area contributed by atoms with Gasteiger partial charge in [0.05, 0.1) is 123 Å². The molecule has 0 saturated heterocycles. The van der Waals surface area contributed by atoms with Crippen LogP contribution in [0.15, 0.2) is 29.2 Å². The van der Waals surface area contributed by atoms with Gasteiger partial charge in [-0.15, -0.1) is 0 Å². The lowest BCUT2D eigenvalue weighted by Gasteiger charge is -2.13. The van der Waals surface area contributed by atoms with Gasteiger partial charge in [-0.25, -0.2) is 0 Å². The zero-order valence-corrected chi connectivity index (χ0v) is 29.5. The third-order valence-corrected chi connectivity index (χ3v) is 7.91. The molecule has 274 valence electrons. The number of hydrogen-bond acceptors (Lipinski definition) is 13. The maximum Gasteiger partial charge on any atom is 0.308 e. The summed E-state index contributed by atoms with van der Waals surface area (Å²) in [6, 6.07) is 6.47. The van der Waals surface area contributed by atoms with Gasteiger partial charge in [0.1, 0.15) is 6.61 Å². The average molecular weight is 695 g/mol. The van der Waals surface area contributed by atoms with Gasteiger partial charge in [0.25, 0.3) is 10.1 Å². The standard InChI is InChI=1S/C33H58O13S/c1-4-6-7-31(5-2)33(34)45-28-26-43-24-22-41-20-18-39-16-14-37-12-13-38-15-17-40-19-21-42-23-25-44-27-29-46-47(35,36)32-10-8-30(3)9-11-32/h8-11,31H,4-7,12-29H2,1-3H3. The molecule has 0 saturated carbocycles. The van der Waals surface area contributed by atoms with Crippen LogP contribution in [-0.4, -0.2) is 133 Å². The van der Waals surface area contributed by atoms with Crippen molar-refractivity contribution in [2.45, 2.75) is 51.3 Å². The number of carbonyl (C=O) groups excluding carboxylic acids is 1. The highest BCUT2D eigenvalue weighted by molar-refractivity contribution is 7.86. The second-order valence-corrected chi connectivity index (χ2v) is 12.0. The van der Waals surface area contributed by atoms with Gasteiger partial charge in [-0.1, -0.05) is 44.4 Å². The first-order valence-electron chi connectivity index (χ1n) is 16.6. The van der Waals surface area contributed by atoms with Crippen molar-refractivity contribution in [3.63, 3.8) is 0 Å². The first-order chi connectivity index (χ1) is 22.9. The van der Waals surface area contributed by atoms with Crippen LogP contribution in [0.25, 0.3) is 0 Å². The number of carbonyl (C=O) groups is 1. The molecule has 0 aliphatic rings. The molecule has 0 aliphatic carbocycles.